The second kappa shape index (κ2) is 9.17. The van der Waals surface area contributed by atoms with Crippen LogP contribution in [0.1, 0.15) is 51.9 Å². The first-order valence-electron chi connectivity index (χ1n) is 5.83. The van der Waals surface area contributed by atoms with E-state index in [9.17, 15) is 0 Å². The molecule has 0 spiro atoms. The molecule has 104 valence electrons. The molecule has 0 heterocycles. The van der Waals surface area contributed by atoms with Gasteiger partial charge in [-0.15, -0.1) is 66.5 Å². The molecular formula is C9H18Cl6Si2. The maximum atomic E-state index is 6.00. The highest BCUT2D eigenvalue weighted by Crippen LogP contribution is 2.48. The van der Waals surface area contributed by atoms with Gasteiger partial charge in [-0.1, -0.05) is 45.4 Å². The SMILES string of the molecule is CCCCCCCCC([Si](Cl)(Cl)Cl)[Si](Cl)(Cl)Cl. The number of hydrogen-bond donors (Lipinski definition) is 0. The Morgan fingerprint density at radius 1 is 0.706 bits per heavy atom. The van der Waals surface area contributed by atoms with Gasteiger partial charge in [0.15, 0.2) is 0 Å². The molecule has 0 nitrogen and oxygen atoms in total. The molecule has 0 N–H and O–H groups in total. The molecule has 0 atom stereocenters. The minimum atomic E-state index is -2.91. The van der Waals surface area contributed by atoms with Crippen LogP contribution >= 0.6 is 66.5 Å². The van der Waals surface area contributed by atoms with E-state index in [2.05, 4.69) is 6.92 Å². The van der Waals surface area contributed by atoms with Crippen molar-refractivity contribution in [1.29, 1.82) is 0 Å². The number of halogens is 6. The van der Waals surface area contributed by atoms with Crippen LogP contribution in [0.15, 0.2) is 0 Å². The summed E-state index contributed by atoms with van der Waals surface area (Å²) < 4.78 is 0. The summed E-state index contributed by atoms with van der Waals surface area (Å²) in [6.45, 7) is 2.19. The van der Waals surface area contributed by atoms with Crippen molar-refractivity contribution < 1.29 is 0 Å². The highest BCUT2D eigenvalue weighted by Gasteiger charge is 2.50. The van der Waals surface area contributed by atoms with E-state index in [0.717, 1.165) is 19.3 Å². The average molecular weight is 395 g/mol. The van der Waals surface area contributed by atoms with Gasteiger partial charge in [0.25, 0.3) is 0 Å². The Morgan fingerprint density at radius 3 is 1.53 bits per heavy atom. The molecule has 0 aliphatic heterocycles. The van der Waals surface area contributed by atoms with Crippen molar-refractivity contribution in [3.63, 3.8) is 0 Å². The van der Waals surface area contributed by atoms with Crippen LogP contribution in [0, 0.1) is 0 Å². The van der Waals surface area contributed by atoms with Crippen LogP contribution in [0.3, 0.4) is 0 Å². The van der Waals surface area contributed by atoms with E-state index in [0.29, 0.717) is 0 Å². The van der Waals surface area contributed by atoms with Crippen LogP contribution in [0.5, 0.6) is 0 Å². The van der Waals surface area contributed by atoms with E-state index in [-0.39, 0.29) is 5.16 Å². The van der Waals surface area contributed by atoms with Gasteiger partial charge < -0.3 is 0 Å². The Kier molecular flexibility index (Phi) is 10.3. The third-order valence-corrected chi connectivity index (χ3v) is 15.4. The first-order valence-corrected chi connectivity index (χ1v) is 16.1. The average Bonchev–Trinajstić information content (AvgIpc) is 2.12. The van der Waals surface area contributed by atoms with Gasteiger partial charge in [0.1, 0.15) is 0 Å². The third-order valence-electron chi connectivity index (χ3n) is 2.64. The topological polar surface area (TPSA) is 0 Å². The van der Waals surface area contributed by atoms with E-state index in [1.807, 2.05) is 0 Å². The van der Waals surface area contributed by atoms with Crippen LogP contribution < -0.4 is 0 Å². The van der Waals surface area contributed by atoms with Gasteiger partial charge in [-0.2, -0.15) is 0 Å². The monoisotopic (exact) mass is 392 g/mol. The van der Waals surface area contributed by atoms with Crippen LogP contribution in [0.25, 0.3) is 0 Å². The third kappa shape index (κ3) is 9.67. The van der Waals surface area contributed by atoms with E-state index < -0.39 is 12.0 Å². The largest absolute Gasteiger partial charge is 0.345 e. The summed E-state index contributed by atoms with van der Waals surface area (Å²) in [4.78, 5) is 0. The first kappa shape index (κ1) is 19.2. The number of rotatable bonds is 9. The predicted octanol–water partition coefficient (Wildman–Crippen LogP) is 6.96. The fourth-order valence-corrected chi connectivity index (χ4v) is 19.5. The second-order valence-corrected chi connectivity index (χ2v) is 22.5. The van der Waals surface area contributed by atoms with Gasteiger partial charge in [0, 0.05) is 5.16 Å². The summed E-state index contributed by atoms with van der Waals surface area (Å²) in [5.41, 5.74) is 0. The zero-order valence-corrected chi connectivity index (χ0v) is 16.3. The standard InChI is InChI=1S/C9H18Cl6Si2/c1-2-3-4-5-6-7-8-9(16(10,11)12)17(13,14)15/h9H,2-8H2,1H3. The molecule has 0 amide bonds. The maximum absolute atomic E-state index is 6.00. The van der Waals surface area contributed by atoms with E-state index in [1.165, 1.54) is 25.7 Å². The second-order valence-electron chi connectivity index (χ2n) is 4.19. The Labute approximate surface area is 134 Å². The van der Waals surface area contributed by atoms with Gasteiger partial charge in [-0.3, -0.25) is 0 Å². The molecule has 0 aromatic heterocycles. The Bertz CT molecular complexity index is 187. The van der Waals surface area contributed by atoms with Gasteiger partial charge in [-0.05, 0) is 6.42 Å². The number of unbranched alkanes of at least 4 members (excludes halogenated alkanes) is 5. The molecule has 0 saturated carbocycles. The highest BCUT2D eigenvalue weighted by atomic mass is 35.8. The lowest BCUT2D eigenvalue weighted by Gasteiger charge is -2.26. The summed E-state index contributed by atoms with van der Waals surface area (Å²) in [6.07, 6.45) is 7.84. The van der Waals surface area contributed by atoms with E-state index in [4.69, 9.17) is 66.5 Å². The van der Waals surface area contributed by atoms with Crippen LogP contribution in [0.2, 0.25) is 5.16 Å². The van der Waals surface area contributed by atoms with Gasteiger partial charge >= 0.3 is 12.0 Å². The molecule has 0 saturated heterocycles. The van der Waals surface area contributed by atoms with Crippen molar-refractivity contribution in [2.45, 2.75) is 57.0 Å². The van der Waals surface area contributed by atoms with Gasteiger partial charge in [0.2, 0.25) is 0 Å². The van der Waals surface area contributed by atoms with Crippen molar-refractivity contribution >= 4 is 78.5 Å². The minimum absolute atomic E-state index is 0.295. The highest BCUT2D eigenvalue weighted by molar-refractivity contribution is 7.75. The zero-order valence-electron chi connectivity index (χ0n) is 9.79. The smallest absolute Gasteiger partial charge is 0.126 e. The van der Waals surface area contributed by atoms with Crippen LogP contribution in [-0.2, 0) is 0 Å². The predicted molar refractivity (Wildman–Crippen MR) is 88.4 cm³/mol. The summed E-state index contributed by atoms with van der Waals surface area (Å²) >= 11 is 36.0. The lowest BCUT2D eigenvalue weighted by Crippen LogP contribution is -2.34. The Balaban J connectivity index is 3.95. The van der Waals surface area contributed by atoms with E-state index in [1.54, 1.807) is 0 Å². The maximum Gasteiger partial charge on any atom is 0.345 e. The fourth-order valence-electron chi connectivity index (χ4n) is 1.64. The molecular weight excluding hydrogens is 377 g/mol. The van der Waals surface area contributed by atoms with Crippen molar-refractivity contribution in [2.75, 3.05) is 0 Å². The molecule has 0 unspecified atom stereocenters. The van der Waals surface area contributed by atoms with Crippen molar-refractivity contribution in [3.8, 4) is 0 Å². The normalized spacial score (nSPS) is 13.4. The summed E-state index contributed by atoms with van der Waals surface area (Å²) in [5, 5.41) is -0.295. The lowest BCUT2D eigenvalue weighted by molar-refractivity contribution is 0.596. The quantitative estimate of drug-likeness (QED) is 0.225. The van der Waals surface area contributed by atoms with Crippen molar-refractivity contribution in [1.82, 2.24) is 0 Å². The Morgan fingerprint density at radius 2 is 1.12 bits per heavy atom. The summed E-state index contributed by atoms with van der Waals surface area (Å²) in [6, 6.07) is -5.83. The number of hydrogen-bond acceptors (Lipinski definition) is 0. The van der Waals surface area contributed by atoms with Crippen molar-refractivity contribution in [2.24, 2.45) is 0 Å². The first-order chi connectivity index (χ1) is 7.69. The van der Waals surface area contributed by atoms with Gasteiger partial charge in [0.05, 0.1) is 0 Å². The molecule has 0 fully saturated rings. The van der Waals surface area contributed by atoms with E-state index >= 15 is 0 Å². The molecule has 0 aliphatic carbocycles. The molecule has 17 heavy (non-hydrogen) atoms. The van der Waals surface area contributed by atoms with Crippen LogP contribution in [-0.4, -0.2) is 12.0 Å². The fraction of sp³-hybridized carbons (Fsp3) is 1.00. The molecule has 0 aromatic carbocycles. The zero-order chi connectivity index (χ0) is 13.5. The minimum Gasteiger partial charge on any atom is -0.126 e. The van der Waals surface area contributed by atoms with Crippen LogP contribution in [0.4, 0.5) is 0 Å². The molecule has 0 radical (unpaired) electrons. The molecule has 0 rings (SSSR count). The van der Waals surface area contributed by atoms with Crippen molar-refractivity contribution in [3.05, 3.63) is 0 Å². The molecule has 8 heteroatoms. The molecule has 0 aliphatic rings. The lowest BCUT2D eigenvalue weighted by atomic mass is 10.1. The van der Waals surface area contributed by atoms with Gasteiger partial charge in [-0.25, -0.2) is 0 Å². The summed E-state index contributed by atoms with van der Waals surface area (Å²) in [5.74, 6) is 0. The summed E-state index contributed by atoms with van der Waals surface area (Å²) in [7, 11) is 0. The molecule has 0 bridgehead atoms. The molecule has 0 aromatic rings. The Hall–Kier alpha value is 2.17.